The lowest BCUT2D eigenvalue weighted by atomic mass is 10.1. The first-order valence-corrected chi connectivity index (χ1v) is 9.16. The van der Waals surface area contributed by atoms with E-state index >= 15 is 0 Å². The second-order valence-electron chi connectivity index (χ2n) is 5.22. The maximum atomic E-state index is 6.09. The molecule has 0 radical (unpaired) electrons. The zero-order valence-electron chi connectivity index (χ0n) is 11.2. The second-order valence-corrected chi connectivity index (χ2v) is 9.87. The summed E-state index contributed by atoms with van der Waals surface area (Å²) in [4.78, 5) is 0. The summed E-state index contributed by atoms with van der Waals surface area (Å²) < 4.78 is 6.09. The number of aryl methyl sites for hydroxylation is 1. The van der Waals surface area contributed by atoms with Gasteiger partial charge in [-0.2, -0.15) is 0 Å². The van der Waals surface area contributed by atoms with Crippen LogP contribution in [-0.4, -0.2) is 8.32 Å². The molecule has 0 amide bonds. The van der Waals surface area contributed by atoms with Gasteiger partial charge in [0.15, 0.2) is 8.32 Å². The molecule has 0 aromatic heterocycles. The standard InChI is InChI=1S/C14H24OSi/c1-6-13-7-9-14(10-8-13)11-15-16(4,5)12(2)3/h7-10,12H,6,11H2,1-5H3. The van der Waals surface area contributed by atoms with Gasteiger partial charge >= 0.3 is 0 Å². The van der Waals surface area contributed by atoms with Crippen molar-refractivity contribution in [2.24, 2.45) is 0 Å². The molecule has 1 aromatic carbocycles. The van der Waals surface area contributed by atoms with Gasteiger partial charge in [-0.1, -0.05) is 45.0 Å². The first-order chi connectivity index (χ1) is 7.45. The molecule has 1 rings (SSSR count). The lowest BCUT2D eigenvalue weighted by Gasteiger charge is -2.26. The normalized spacial score (nSPS) is 12.1. The van der Waals surface area contributed by atoms with E-state index in [1.807, 2.05) is 0 Å². The van der Waals surface area contributed by atoms with Crippen LogP contribution in [0.4, 0.5) is 0 Å². The Labute approximate surface area is 101 Å². The van der Waals surface area contributed by atoms with E-state index in [1.165, 1.54) is 11.1 Å². The summed E-state index contributed by atoms with van der Waals surface area (Å²) in [5.41, 5.74) is 3.35. The lowest BCUT2D eigenvalue weighted by Crippen LogP contribution is -2.33. The van der Waals surface area contributed by atoms with Crippen molar-refractivity contribution in [2.45, 2.75) is 52.4 Å². The number of rotatable bonds is 5. The maximum Gasteiger partial charge on any atom is 0.189 e. The molecule has 0 spiro atoms. The van der Waals surface area contributed by atoms with Crippen molar-refractivity contribution in [1.82, 2.24) is 0 Å². The molecule has 0 aliphatic rings. The Kier molecular flexibility index (Phi) is 4.75. The van der Waals surface area contributed by atoms with Gasteiger partial charge in [0.05, 0.1) is 6.61 Å². The summed E-state index contributed by atoms with van der Waals surface area (Å²) in [7, 11) is -1.49. The fraction of sp³-hybridized carbons (Fsp3) is 0.571. The van der Waals surface area contributed by atoms with Crippen molar-refractivity contribution in [3.63, 3.8) is 0 Å². The van der Waals surface area contributed by atoms with E-state index in [0.29, 0.717) is 5.54 Å². The van der Waals surface area contributed by atoms with Crippen LogP contribution in [0.3, 0.4) is 0 Å². The van der Waals surface area contributed by atoms with Gasteiger partial charge in [0.1, 0.15) is 0 Å². The Balaban J connectivity index is 2.54. The predicted octanol–water partition coefficient (Wildman–Crippen LogP) is 4.38. The molecular weight excluding hydrogens is 212 g/mol. The van der Waals surface area contributed by atoms with Crippen LogP contribution in [0.5, 0.6) is 0 Å². The van der Waals surface area contributed by atoms with Crippen LogP contribution in [-0.2, 0) is 17.5 Å². The third-order valence-corrected chi connectivity index (χ3v) is 7.10. The predicted molar refractivity (Wildman–Crippen MR) is 73.2 cm³/mol. The molecule has 0 unspecified atom stereocenters. The van der Waals surface area contributed by atoms with Crippen molar-refractivity contribution in [2.75, 3.05) is 0 Å². The zero-order chi connectivity index (χ0) is 12.2. The highest BCUT2D eigenvalue weighted by molar-refractivity contribution is 6.72. The molecule has 0 heterocycles. The topological polar surface area (TPSA) is 9.23 Å². The molecule has 0 atom stereocenters. The van der Waals surface area contributed by atoms with Gasteiger partial charge in [-0.25, -0.2) is 0 Å². The average Bonchev–Trinajstić information content (AvgIpc) is 2.27. The van der Waals surface area contributed by atoms with E-state index < -0.39 is 8.32 Å². The average molecular weight is 236 g/mol. The zero-order valence-corrected chi connectivity index (χ0v) is 12.2. The largest absolute Gasteiger partial charge is 0.413 e. The van der Waals surface area contributed by atoms with Crippen LogP contribution in [0.1, 0.15) is 31.9 Å². The molecule has 1 aromatic rings. The van der Waals surface area contributed by atoms with Crippen LogP contribution in [0.2, 0.25) is 18.6 Å². The summed E-state index contributed by atoms with van der Waals surface area (Å²) in [6.07, 6.45) is 1.10. The number of benzene rings is 1. The first kappa shape index (κ1) is 13.5. The van der Waals surface area contributed by atoms with Crippen LogP contribution >= 0.6 is 0 Å². The van der Waals surface area contributed by atoms with E-state index in [0.717, 1.165) is 13.0 Å². The molecular formula is C14H24OSi. The quantitative estimate of drug-likeness (QED) is 0.689. The minimum absolute atomic E-state index is 0.669. The molecule has 0 saturated heterocycles. The van der Waals surface area contributed by atoms with Crippen LogP contribution in [0, 0.1) is 0 Å². The monoisotopic (exact) mass is 236 g/mol. The van der Waals surface area contributed by atoms with Crippen molar-refractivity contribution in [1.29, 1.82) is 0 Å². The molecule has 0 N–H and O–H groups in total. The highest BCUT2D eigenvalue weighted by atomic mass is 28.4. The Morgan fingerprint density at radius 2 is 1.56 bits per heavy atom. The third-order valence-electron chi connectivity index (χ3n) is 3.43. The molecule has 0 saturated carbocycles. The van der Waals surface area contributed by atoms with Gasteiger partial charge < -0.3 is 4.43 Å². The van der Waals surface area contributed by atoms with Crippen molar-refractivity contribution < 1.29 is 4.43 Å². The second kappa shape index (κ2) is 5.64. The van der Waals surface area contributed by atoms with Gasteiger partial charge in [-0.15, -0.1) is 0 Å². The van der Waals surface area contributed by atoms with Crippen molar-refractivity contribution in [3.05, 3.63) is 35.4 Å². The summed E-state index contributed by atoms with van der Waals surface area (Å²) >= 11 is 0. The molecule has 0 aliphatic carbocycles. The minimum Gasteiger partial charge on any atom is -0.413 e. The molecule has 0 bridgehead atoms. The Morgan fingerprint density at radius 1 is 1.06 bits per heavy atom. The fourth-order valence-corrected chi connectivity index (χ4v) is 2.18. The van der Waals surface area contributed by atoms with E-state index in [9.17, 15) is 0 Å². The number of hydrogen-bond donors (Lipinski definition) is 0. The fourth-order valence-electron chi connectivity index (χ4n) is 1.31. The van der Waals surface area contributed by atoms with E-state index in [4.69, 9.17) is 4.43 Å². The third kappa shape index (κ3) is 3.76. The maximum absolute atomic E-state index is 6.09. The molecule has 90 valence electrons. The summed E-state index contributed by atoms with van der Waals surface area (Å²) in [5, 5.41) is 0. The Hall–Kier alpha value is -0.603. The number of hydrogen-bond acceptors (Lipinski definition) is 1. The van der Waals surface area contributed by atoms with Crippen LogP contribution in [0.25, 0.3) is 0 Å². The summed E-state index contributed by atoms with van der Waals surface area (Å²) in [5.74, 6) is 0. The van der Waals surface area contributed by atoms with E-state index in [1.54, 1.807) is 0 Å². The first-order valence-electron chi connectivity index (χ1n) is 6.17. The molecule has 0 aliphatic heterocycles. The minimum atomic E-state index is -1.49. The van der Waals surface area contributed by atoms with Crippen LogP contribution in [0.15, 0.2) is 24.3 Å². The van der Waals surface area contributed by atoms with Gasteiger partial charge in [0.2, 0.25) is 0 Å². The molecule has 2 heteroatoms. The molecule has 1 nitrogen and oxygen atoms in total. The highest BCUT2D eigenvalue weighted by Crippen LogP contribution is 2.22. The molecule has 0 fully saturated rings. The van der Waals surface area contributed by atoms with Gasteiger partial charge in [0.25, 0.3) is 0 Å². The highest BCUT2D eigenvalue weighted by Gasteiger charge is 2.26. The van der Waals surface area contributed by atoms with Gasteiger partial charge in [-0.3, -0.25) is 0 Å². The smallest absolute Gasteiger partial charge is 0.189 e. The lowest BCUT2D eigenvalue weighted by molar-refractivity contribution is 0.289. The Bertz CT molecular complexity index is 314. The SMILES string of the molecule is CCc1ccc(CO[Si](C)(C)C(C)C)cc1. The Morgan fingerprint density at radius 3 is 2.00 bits per heavy atom. The molecule has 16 heavy (non-hydrogen) atoms. The van der Waals surface area contributed by atoms with Gasteiger partial charge in [-0.05, 0) is 36.2 Å². The summed E-state index contributed by atoms with van der Waals surface area (Å²) in [6, 6.07) is 8.76. The van der Waals surface area contributed by atoms with Crippen molar-refractivity contribution >= 4 is 8.32 Å². The van der Waals surface area contributed by atoms with E-state index in [2.05, 4.69) is 58.1 Å². The van der Waals surface area contributed by atoms with Crippen LogP contribution < -0.4 is 0 Å². The van der Waals surface area contributed by atoms with Crippen molar-refractivity contribution in [3.8, 4) is 0 Å². The van der Waals surface area contributed by atoms with Gasteiger partial charge in [0, 0.05) is 0 Å². The summed E-state index contributed by atoms with van der Waals surface area (Å²) in [6.45, 7) is 12.0. The van der Waals surface area contributed by atoms with E-state index in [-0.39, 0.29) is 0 Å².